The highest BCUT2D eigenvalue weighted by Crippen LogP contribution is 2.43. The Kier molecular flexibility index (Phi) is 10.9. The molecule has 1 saturated heterocycles. The molecule has 48 heavy (non-hydrogen) atoms. The first-order chi connectivity index (χ1) is 22.2. The third-order valence-corrected chi connectivity index (χ3v) is 10.1. The third-order valence-electron chi connectivity index (χ3n) is 7.53. The van der Waals surface area contributed by atoms with Crippen molar-refractivity contribution in [3.63, 3.8) is 0 Å². The Balaban J connectivity index is 1.82. The number of benzene rings is 1. The van der Waals surface area contributed by atoms with E-state index in [-0.39, 0.29) is 59.6 Å². The molecule has 1 unspecified atom stereocenters. The smallest absolute Gasteiger partial charge is 0.404 e. The van der Waals surface area contributed by atoms with E-state index in [1.54, 1.807) is 13.8 Å². The third kappa shape index (κ3) is 8.31. The fourth-order valence-corrected chi connectivity index (χ4v) is 7.56. The Hall–Kier alpha value is -3.23. The average molecular weight is 734 g/mol. The van der Waals surface area contributed by atoms with E-state index < -0.39 is 80.8 Å². The number of methoxy groups -OCH3 is 1. The van der Waals surface area contributed by atoms with Gasteiger partial charge in [0.15, 0.2) is 10.8 Å². The second-order valence-electron chi connectivity index (χ2n) is 11.8. The number of sulfonamides is 1. The maximum Gasteiger partial charge on any atom is 0.404 e. The number of thiazole rings is 1. The van der Waals surface area contributed by atoms with Gasteiger partial charge in [-0.1, -0.05) is 18.1 Å². The number of likely N-dealkylation sites (tertiary alicyclic amines) is 1. The number of esters is 1. The summed E-state index contributed by atoms with van der Waals surface area (Å²) in [6.07, 6.45) is -9.81. The summed E-state index contributed by atoms with van der Waals surface area (Å²) in [7, 11) is -4.10. The van der Waals surface area contributed by atoms with E-state index in [9.17, 15) is 43.9 Å². The highest BCUT2D eigenvalue weighted by Gasteiger charge is 2.42. The van der Waals surface area contributed by atoms with Gasteiger partial charge in [-0.15, -0.1) is 11.3 Å². The van der Waals surface area contributed by atoms with Gasteiger partial charge >= 0.3 is 12.1 Å². The number of alkyl halides is 7. The molecule has 0 radical (unpaired) electrons. The fourth-order valence-electron chi connectivity index (χ4n) is 5.12. The van der Waals surface area contributed by atoms with Crippen LogP contribution in [0, 0.1) is 11.2 Å². The lowest BCUT2D eigenvalue weighted by Crippen LogP contribution is -2.45. The molecular formula is C28H31F8N5O5S2. The molecule has 0 aliphatic carbocycles. The van der Waals surface area contributed by atoms with Gasteiger partial charge < -0.3 is 9.26 Å². The van der Waals surface area contributed by atoms with Gasteiger partial charge in [-0.05, 0) is 39.3 Å². The van der Waals surface area contributed by atoms with E-state index in [4.69, 9.17) is 9.26 Å². The molecule has 1 aliphatic heterocycles. The van der Waals surface area contributed by atoms with E-state index in [1.807, 2.05) is 0 Å². The summed E-state index contributed by atoms with van der Waals surface area (Å²) in [6, 6.07) is -1.28. The molecule has 0 amide bonds. The van der Waals surface area contributed by atoms with Crippen LogP contribution in [0.4, 0.5) is 35.1 Å². The van der Waals surface area contributed by atoms with Crippen molar-refractivity contribution in [1.82, 2.24) is 24.7 Å². The molecule has 20 heteroatoms. The summed E-state index contributed by atoms with van der Waals surface area (Å²) in [5, 5.41) is 3.76. The minimum Gasteiger partial charge on any atom is -0.469 e. The second-order valence-corrected chi connectivity index (χ2v) is 14.5. The van der Waals surface area contributed by atoms with Crippen molar-refractivity contribution in [1.29, 1.82) is 0 Å². The fraction of sp³-hybridized carbons (Fsp3) is 0.571. The number of carbonyl (C=O) groups excluding carboxylic acids is 1. The highest BCUT2D eigenvalue weighted by molar-refractivity contribution is 7.89. The Morgan fingerprint density at radius 1 is 1.21 bits per heavy atom. The molecule has 1 aromatic carbocycles. The van der Waals surface area contributed by atoms with E-state index in [0.29, 0.717) is 17.4 Å². The molecule has 3 aromatic rings. The average Bonchev–Trinajstić information content (AvgIpc) is 3.60. The van der Waals surface area contributed by atoms with Crippen LogP contribution in [0.15, 0.2) is 21.6 Å². The van der Waals surface area contributed by atoms with Crippen molar-refractivity contribution in [2.75, 3.05) is 20.2 Å². The molecule has 1 atom stereocenters. The lowest BCUT2D eigenvalue weighted by Gasteiger charge is -2.32. The van der Waals surface area contributed by atoms with Gasteiger partial charge in [0.1, 0.15) is 10.9 Å². The number of carbonyl (C=O) groups is 1. The van der Waals surface area contributed by atoms with Crippen LogP contribution >= 0.6 is 11.3 Å². The van der Waals surface area contributed by atoms with E-state index in [0.717, 1.165) is 13.0 Å². The first-order valence-corrected chi connectivity index (χ1v) is 16.7. The number of ether oxygens (including phenoxy) is 1. The first kappa shape index (κ1) is 37.6. The quantitative estimate of drug-likeness (QED) is 0.163. The molecule has 2 aromatic heterocycles. The van der Waals surface area contributed by atoms with Crippen molar-refractivity contribution < 1.29 is 57.6 Å². The zero-order valence-corrected chi connectivity index (χ0v) is 27.6. The van der Waals surface area contributed by atoms with Crippen molar-refractivity contribution in [3.05, 3.63) is 35.1 Å². The van der Waals surface area contributed by atoms with Crippen LogP contribution in [0.3, 0.4) is 0 Å². The number of hydrogen-bond acceptors (Lipinski definition) is 10. The number of rotatable bonds is 12. The van der Waals surface area contributed by atoms with Crippen LogP contribution in [0.25, 0.3) is 21.3 Å². The molecule has 0 bridgehead atoms. The summed E-state index contributed by atoms with van der Waals surface area (Å²) in [5.41, 5.74) is -3.18. The Morgan fingerprint density at radius 2 is 1.90 bits per heavy atom. The second kappa shape index (κ2) is 13.9. The minimum atomic E-state index is -5.29. The van der Waals surface area contributed by atoms with Gasteiger partial charge in [-0.2, -0.15) is 22.9 Å². The number of halogens is 8. The molecule has 1 N–H and O–H groups in total. The van der Waals surface area contributed by atoms with Gasteiger partial charge in [0.2, 0.25) is 21.7 Å². The van der Waals surface area contributed by atoms with E-state index >= 15 is 4.39 Å². The lowest BCUT2D eigenvalue weighted by atomic mass is 9.89. The van der Waals surface area contributed by atoms with Gasteiger partial charge in [0.05, 0.1) is 35.2 Å². The number of piperidine rings is 1. The summed E-state index contributed by atoms with van der Waals surface area (Å²) >= 11 is 0.652. The van der Waals surface area contributed by atoms with Crippen LogP contribution in [-0.4, -0.2) is 72.8 Å². The van der Waals surface area contributed by atoms with Crippen molar-refractivity contribution in [2.45, 2.75) is 82.5 Å². The normalized spacial score (nSPS) is 16.8. The summed E-state index contributed by atoms with van der Waals surface area (Å²) in [4.78, 5) is 20.4. The van der Waals surface area contributed by atoms with E-state index in [1.165, 1.54) is 16.7 Å². The predicted octanol–water partition coefficient (Wildman–Crippen LogP) is 6.53. The van der Waals surface area contributed by atoms with Gasteiger partial charge in [0.25, 0.3) is 12.3 Å². The number of nitrogens with one attached hydrogen (secondary N) is 1. The first-order valence-electron chi connectivity index (χ1n) is 14.4. The number of hydrogen-bond donors (Lipinski definition) is 1. The van der Waals surface area contributed by atoms with Gasteiger partial charge in [-0.3, -0.25) is 9.69 Å². The van der Waals surface area contributed by atoms with Crippen LogP contribution in [-0.2, 0) is 32.5 Å². The summed E-state index contributed by atoms with van der Waals surface area (Å²) in [6.45, 7) is 3.32. The van der Waals surface area contributed by atoms with Gasteiger partial charge in [-0.25, -0.2) is 35.4 Å². The monoisotopic (exact) mass is 733 g/mol. The van der Waals surface area contributed by atoms with Crippen LogP contribution in [0.5, 0.6) is 0 Å². The zero-order chi connectivity index (χ0) is 35.8. The van der Waals surface area contributed by atoms with Crippen LogP contribution in [0.1, 0.15) is 63.6 Å². The summed E-state index contributed by atoms with van der Waals surface area (Å²) < 4.78 is 150. The van der Waals surface area contributed by atoms with Crippen molar-refractivity contribution in [2.24, 2.45) is 5.41 Å². The summed E-state index contributed by atoms with van der Waals surface area (Å²) in [5.74, 6) is -5.83. The molecule has 10 nitrogen and oxygen atoms in total. The maximum atomic E-state index is 15.7. The van der Waals surface area contributed by atoms with E-state index in [2.05, 4.69) is 15.1 Å². The van der Waals surface area contributed by atoms with Crippen molar-refractivity contribution in [3.8, 4) is 21.3 Å². The molecule has 1 aliphatic rings. The molecule has 266 valence electrons. The number of aromatic nitrogens is 3. The molecular weight excluding hydrogens is 702 g/mol. The zero-order valence-electron chi connectivity index (χ0n) is 25.9. The topological polar surface area (TPSA) is 128 Å². The highest BCUT2D eigenvalue weighted by atomic mass is 32.2. The SMILES string of the molecule is CCC(NS(=O)(=O)c1ccc(-c2sc(-c3noc(CC(C)(C)C(=O)OC)n3)nc2CN2CCCC(F)(F)C2)c(C(F)F)c1F)C(F)(F)F. The largest absolute Gasteiger partial charge is 0.469 e. The van der Waals surface area contributed by atoms with Gasteiger partial charge in [0, 0.05) is 24.9 Å². The molecule has 4 rings (SSSR count). The Morgan fingerprint density at radius 3 is 2.48 bits per heavy atom. The maximum absolute atomic E-state index is 15.7. The molecule has 1 fully saturated rings. The predicted molar refractivity (Wildman–Crippen MR) is 155 cm³/mol. The van der Waals surface area contributed by atoms with Crippen LogP contribution < -0.4 is 4.72 Å². The minimum absolute atomic E-state index is 0.0278. The van der Waals surface area contributed by atoms with Crippen molar-refractivity contribution >= 4 is 27.3 Å². The lowest BCUT2D eigenvalue weighted by molar-refractivity contribution is -0.152. The Labute approximate surface area is 273 Å². The Bertz CT molecular complexity index is 1740. The standard InChI is InChI=1S/C28H31F8N5O5S2/c1-5-17(28(34,35)36)40-48(43,44)16-8-7-14(19(20(16)29)22(30)31)21-15(12-41-10-6-9-27(32,33)13-41)37-24(47-21)23-38-18(46-39-23)11-26(2,3)25(42)45-4/h7-8,17,22,40H,5-6,9-13H2,1-4H3. The molecule has 0 saturated carbocycles. The van der Waals surface area contributed by atoms with Crippen LogP contribution in [0.2, 0.25) is 0 Å². The number of nitrogens with zero attached hydrogens (tertiary/aromatic N) is 4. The molecule has 3 heterocycles. The molecule has 0 spiro atoms.